The average molecular weight is 329 g/mol. The summed E-state index contributed by atoms with van der Waals surface area (Å²) in [5.41, 5.74) is 0. The highest BCUT2D eigenvalue weighted by Gasteiger charge is 2.21. The van der Waals surface area contributed by atoms with Crippen molar-refractivity contribution in [2.45, 2.75) is 25.8 Å². The third kappa shape index (κ3) is 5.39. The minimum Gasteiger partial charge on any atom is -0.493 e. The summed E-state index contributed by atoms with van der Waals surface area (Å²) >= 11 is 0. The molecule has 124 valence electrons. The van der Waals surface area contributed by atoms with E-state index in [4.69, 9.17) is 9.47 Å². The van der Waals surface area contributed by atoms with Gasteiger partial charge >= 0.3 is 0 Å². The maximum atomic E-state index is 11.9. The van der Waals surface area contributed by atoms with Crippen molar-refractivity contribution in [2.24, 2.45) is 5.92 Å². The molecule has 1 aliphatic rings. The Morgan fingerprint density at radius 1 is 1.41 bits per heavy atom. The number of benzene rings is 1. The molecule has 1 aromatic carbocycles. The number of ether oxygens (including phenoxy) is 2. The highest BCUT2D eigenvalue weighted by atomic mass is 35.5. The molecule has 1 amide bonds. The highest BCUT2D eigenvalue weighted by molar-refractivity contribution is 5.85. The Hall–Kier alpha value is -1.46. The Morgan fingerprint density at radius 3 is 2.77 bits per heavy atom. The van der Waals surface area contributed by atoms with E-state index in [1.807, 2.05) is 24.3 Å². The van der Waals surface area contributed by atoms with Crippen LogP contribution in [0, 0.1) is 5.92 Å². The number of carbonyl (C=O) groups excluding carboxylic acids is 1. The van der Waals surface area contributed by atoms with Crippen LogP contribution >= 0.6 is 12.4 Å². The minimum absolute atomic E-state index is 0. The summed E-state index contributed by atoms with van der Waals surface area (Å²) < 4.78 is 11.0. The molecule has 1 aliphatic heterocycles. The summed E-state index contributed by atoms with van der Waals surface area (Å²) in [4.78, 5) is 11.9. The van der Waals surface area contributed by atoms with Gasteiger partial charge in [0.05, 0.1) is 19.8 Å². The minimum atomic E-state index is -0.0210. The Labute approximate surface area is 138 Å². The van der Waals surface area contributed by atoms with E-state index in [0.717, 1.165) is 30.9 Å². The van der Waals surface area contributed by atoms with Crippen LogP contribution in [-0.2, 0) is 4.79 Å². The van der Waals surface area contributed by atoms with Gasteiger partial charge in [0.1, 0.15) is 0 Å². The van der Waals surface area contributed by atoms with Gasteiger partial charge in [-0.1, -0.05) is 19.1 Å². The van der Waals surface area contributed by atoms with E-state index < -0.39 is 0 Å². The van der Waals surface area contributed by atoms with E-state index in [0.29, 0.717) is 13.2 Å². The molecule has 0 spiro atoms. The maximum absolute atomic E-state index is 11.9. The smallest absolute Gasteiger partial charge is 0.237 e. The average Bonchev–Trinajstić information content (AvgIpc) is 3.05. The van der Waals surface area contributed by atoms with E-state index in [1.54, 1.807) is 7.11 Å². The van der Waals surface area contributed by atoms with Gasteiger partial charge < -0.3 is 20.1 Å². The number of amides is 1. The second-order valence-corrected chi connectivity index (χ2v) is 5.46. The largest absolute Gasteiger partial charge is 0.493 e. The van der Waals surface area contributed by atoms with Crippen LogP contribution < -0.4 is 20.1 Å². The van der Waals surface area contributed by atoms with Crippen LogP contribution in [0.25, 0.3) is 0 Å². The van der Waals surface area contributed by atoms with E-state index >= 15 is 0 Å². The Bertz CT molecular complexity index is 464. The lowest BCUT2D eigenvalue weighted by atomic mass is 10.1. The Morgan fingerprint density at radius 2 is 2.14 bits per heavy atom. The standard InChI is InChI=1S/C16H24N2O3.ClH/c1-12(10-18-16(19)13-6-5-9-17-13)11-21-15-8-4-3-7-14(15)20-2;/h3-4,7-8,12-13,17H,5-6,9-11H2,1-2H3,(H,18,19);1H. The van der Waals surface area contributed by atoms with E-state index in [9.17, 15) is 4.79 Å². The molecule has 22 heavy (non-hydrogen) atoms. The SMILES string of the molecule is COc1ccccc1OCC(C)CNC(=O)C1CCCN1.Cl. The predicted molar refractivity (Wildman–Crippen MR) is 88.9 cm³/mol. The molecular formula is C16H25ClN2O3. The highest BCUT2D eigenvalue weighted by Crippen LogP contribution is 2.26. The molecule has 0 saturated carbocycles. The van der Waals surface area contributed by atoms with Gasteiger partial charge in [-0.2, -0.15) is 0 Å². The van der Waals surface area contributed by atoms with Crippen molar-refractivity contribution in [1.29, 1.82) is 0 Å². The molecule has 1 aromatic rings. The third-order valence-corrected chi connectivity index (χ3v) is 3.59. The molecule has 2 unspecified atom stereocenters. The number of para-hydroxylation sites is 2. The first kappa shape index (κ1) is 18.6. The van der Waals surface area contributed by atoms with Gasteiger partial charge in [0.25, 0.3) is 0 Å². The topological polar surface area (TPSA) is 59.6 Å². The van der Waals surface area contributed by atoms with Crippen molar-refractivity contribution in [3.63, 3.8) is 0 Å². The number of nitrogens with one attached hydrogen (secondary N) is 2. The maximum Gasteiger partial charge on any atom is 0.237 e. The zero-order valence-electron chi connectivity index (χ0n) is 13.1. The first-order chi connectivity index (χ1) is 10.2. The van der Waals surface area contributed by atoms with Crippen LogP contribution in [0.2, 0.25) is 0 Å². The van der Waals surface area contributed by atoms with Crippen LogP contribution in [0.5, 0.6) is 11.5 Å². The van der Waals surface area contributed by atoms with E-state index in [2.05, 4.69) is 17.6 Å². The number of methoxy groups -OCH3 is 1. The zero-order valence-corrected chi connectivity index (χ0v) is 13.9. The molecule has 1 heterocycles. The van der Waals surface area contributed by atoms with Gasteiger partial charge in [0.15, 0.2) is 11.5 Å². The van der Waals surface area contributed by atoms with Crippen LogP contribution in [-0.4, -0.2) is 38.8 Å². The lowest BCUT2D eigenvalue weighted by Crippen LogP contribution is -2.42. The molecule has 1 saturated heterocycles. The summed E-state index contributed by atoms with van der Waals surface area (Å²) in [6.07, 6.45) is 2.00. The third-order valence-electron chi connectivity index (χ3n) is 3.59. The monoisotopic (exact) mass is 328 g/mol. The number of halogens is 1. The quantitative estimate of drug-likeness (QED) is 0.803. The van der Waals surface area contributed by atoms with E-state index in [1.165, 1.54) is 0 Å². The zero-order chi connectivity index (χ0) is 15.1. The van der Waals surface area contributed by atoms with Crippen molar-refractivity contribution in [3.05, 3.63) is 24.3 Å². The fourth-order valence-electron chi connectivity index (χ4n) is 2.34. The molecule has 5 nitrogen and oxygen atoms in total. The van der Waals surface area contributed by atoms with Crippen LogP contribution in [0.15, 0.2) is 24.3 Å². The Kier molecular flexibility index (Phi) is 8.06. The lowest BCUT2D eigenvalue weighted by molar-refractivity contribution is -0.123. The molecular weight excluding hydrogens is 304 g/mol. The van der Waals surface area contributed by atoms with Crippen molar-refractivity contribution < 1.29 is 14.3 Å². The number of hydrogen-bond donors (Lipinski definition) is 2. The number of carbonyl (C=O) groups is 1. The summed E-state index contributed by atoms with van der Waals surface area (Å²) in [7, 11) is 1.63. The van der Waals surface area contributed by atoms with Crippen molar-refractivity contribution in [2.75, 3.05) is 26.8 Å². The Balaban J connectivity index is 0.00000242. The van der Waals surface area contributed by atoms with Gasteiger partial charge in [-0.15, -0.1) is 12.4 Å². The predicted octanol–water partition coefficient (Wildman–Crippen LogP) is 2.00. The molecule has 0 radical (unpaired) electrons. The number of rotatable bonds is 7. The molecule has 0 aromatic heterocycles. The summed E-state index contributed by atoms with van der Waals surface area (Å²) in [6.45, 7) is 4.15. The lowest BCUT2D eigenvalue weighted by Gasteiger charge is -2.17. The molecule has 1 fully saturated rings. The van der Waals surface area contributed by atoms with E-state index in [-0.39, 0.29) is 30.3 Å². The van der Waals surface area contributed by atoms with Gasteiger partial charge in [-0.05, 0) is 31.5 Å². The van der Waals surface area contributed by atoms with Crippen molar-refractivity contribution in [1.82, 2.24) is 10.6 Å². The molecule has 2 N–H and O–H groups in total. The second-order valence-electron chi connectivity index (χ2n) is 5.46. The summed E-state index contributed by atoms with van der Waals surface area (Å²) in [6, 6.07) is 7.55. The van der Waals surface area contributed by atoms with Gasteiger partial charge in [-0.3, -0.25) is 4.79 Å². The molecule has 6 heteroatoms. The fraction of sp³-hybridized carbons (Fsp3) is 0.562. The van der Waals surface area contributed by atoms with Gasteiger partial charge in [0.2, 0.25) is 5.91 Å². The normalized spacial score (nSPS) is 18.2. The van der Waals surface area contributed by atoms with Gasteiger partial charge in [0, 0.05) is 12.5 Å². The summed E-state index contributed by atoms with van der Waals surface area (Å²) in [5.74, 6) is 1.79. The van der Waals surface area contributed by atoms with Gasteiger partial charge in [-0.25, -0.2) is 0 Å². The molecule has 0 bridgehead atoms. The van der Waals surface area contributed by atoms with Crippen molar-refractivity contribution in [3.8, 4) is 11.5 Å². The van der Waals surface area contributed by atoms with Crippen LogP contribution in [0.3, 0.4) is 0 Å². The van der Waals surface area contributed by atoms with Crippen LogP contribution in [0.1, 0.15) is 19.8 Å². The van der Waals surface area contributed by atoms with Crippen LogP contribution in [0.4, 0.5) is 0 Å². The molecule has 2 atom stereocenters. The molecule has 0 aliphatic carbocycles. The van der Waals surface area contributed by atoms with Crippen molar-refractivity contribution >= 4 is 18.3 Å². The fourth-order valence-corrected chi connectivity index (χ4v) is 2.34. The second kappa shape index (κ2) is 9.54. The first-order valence-electron chi connectivity index (χ1n) is 7.47. The summed E-state index contributed by atoms with van der Waals surface area (Å²) in [5, 5.41) is 6.17. The first-order valence-corrected chi connectivity index (χ1v) is 7.47. The number of hydrogen-bond acceptors (Lipinski definition) is 4. The molecule has 2 rings (SSSR count).